The summed E-state index contributed by atoms with van der Waals surface area (Å²) in [4.78, 5) is 35.0. The molecule has 0 aliphatic rings. The van der Waals surface area contributed by atoms with Gasteiger partial charge in [-0.15, -0.1) is 0 Å². The first-order chi connectivity index (χ1) is 9.47. The highest BCUT2D eigenvalue weighted by Gasteiger charge is 2.32. The number of aliphatic carboxylic acids is 1. The molecule has 1 rings (SSSR count). The molecule has 0 saturated heterocycles. The molecule has 0 saturated carbocycles. The number of hydrogen-bond donors (Lipinski definition) is 1. The predicted molar refractivity (Wildman–Crippen MR) is 70.9 cm³/mol. The molecule has 0 aromatic heterocycles. The highest BCUT2D eigenvalue weighted by atomic mass is 16.6. The van der Waals surface area contributed by atoms with Crippen LogP contribution in [-0.4, -0.2) is 34.0 Å². The zero-order chi connectivity index (χ0) is 15.1. The largest absolute Gasteiger partial charge is 0.480 e. The summed E-state index contributed by atoms with van der Waals surface area (Å²) < 4.78 is 4.99. The van der Waals surface area contributed by atoms with Crippen molar-refractivity contribution >= 4 is 18.0 Å². The molecule has 20 heavy (non-hydrogen) atoms. The number of nitrogens with zero attached hydrogens (tertiary/aromatic N) is 1. The third-order valence-electron chi connectivity index (χ3n) is 2.72. The average Bonchev–Trinajstić information content (AvgIpc) is 2.42. The Labute approximate surface area is 117 Å². The zero-order valence-electron chi connectivity index (χ0n) is 11.4. The number of benzene rings is 1. The highest BCUT2D eigenvalue weighted by molar-refractivity contribution is 5.95. The van der Waals surface area contributed by atoms with Gasteiger partial charge < -0.3 is 9.84 Å². The smallest absolute Gasteiger partial charge is 0.417 e. The normalized spacial score (nSPS) is 11.5. The topological polar surface area (TPSA) is 83.9 Å². The second-order valence-electron chi connectivity index (χ2n) is 4.19. The number of rotatable bonds is 5. The molecule has 0 aliphatic carbocycles. The molecule has 0 radical (unpaired) electrons. The van der Waals surface area contributed by atoms with Crippen LogP contribution in [0.2, 0.25) is 0 Å². The van der Waals surface area contributed by atoms with Gasteiger partial charge in [-0.2, -0.15) is 0 Å². The number of hydrogen-bond acceptors (Lipinski definition) is 4. The van der Waals surface area contributed by atoms with Crippen molar-refractivity contribution in [2.24, 2.45) is 0 Å². The first-order valence-corrected chi connectivity index (χ1v) is 6.20. The molecule has 1 N–H and O–H groups in total. The lowest BCUT2D eigenvalue weighted by Gasteiger charge is -2.24. The number of carboxylic acids is 1. The predicted octanol–water partition coefficient (Wildman–Crippen LogP) is 2.03. The first kappa shape index (κ1) is 15.7. The Morgan fingerprint density at radius 1 is 1.25 bits per heavy atom. The van der Waals surface area contributed by atoms with E-state index in [1.165, 1.54) is 0 Å². The van der Waals surface area contributed by atoms with Gasteiger partial charge >= 0.3 is 12.1 Å². The van der Waals surface area contributed by atoms with Crippen LogP contribution in [0.15, 0.2) is 30.3 Å². The van der Waals surface area contributed by atoms with Gasteiger partial charge in [0.15, 0.2) is 0 Å². The van der Waals surface area contributed by atoms with Crippen LogP contribution < -0.4 is 0 Å². The summed E-state index contributed by atoms with van der Waals surface area (Å²) in [5.41, 5.74) is 0.757. The molecular weight excluding hydrogens is 262 g/mol. The molecular formula is C14H17NO5. The average molecular weight is 279 g/mol. The molecule has 6 nitrogen and oxygen atoms in total. The van der Waals surface area contributed by atoms with E-state index >= 15 is 0 Å². The van der Waals surface area contributed by atoms with E-state index < -0.39 is 24.0 Å². The van der Waals surface area contributed by atoms with Crippen molar-refractivity contribution in [2.75, 3.05) is 0 Å². The molecule has 2 amide bonds. The van der Waals surface area contributed by atoms with Crippen molar-refractivity contribution in [3.8, 4) is 0 Å². The molecule has 1 atom stereocenters. The monoisotopic (exact) mass is 279 g/mol. The molecule has 1 aromatic carbocycles. The van der Waals surface area contributed by atoms with Crippen LogP contribution in [0.3, 0.4) is 0 Å². The van der Waals surface area contributed by atoms with Gasteiger partial charge in [0.2, 0.25) is 5.91 Å². The van der Waals surface area contributed by atoms with E-state index in [0.29, 0.717) is 4.90 Å². The molecule has 0 fully saturated rings. The number of imide groups is 1. The second-order valence-corrected chi connectivity index (χ2v) is 4.19. The van der Waals surface area contributed by atoms with E-state index in [9.17, 15) is 14.4 Å². The summed E-state index contributed by atoms with van der Waals surface area (Å²) in [6, 6.07) is 7.72. The van der Waals surface area contributed by atoms with Gasteiger partial charge in [-0.3, -0.25) is 4.79 Å². The Hall–Kier alpha value is -2.37. The van der Waals surface area contributed by atoms with Crippen LogP contribution in [0, 0.1) is 0 Å². The van der Waals surface area contributed by atoms with Gasteiger partial charge in [0.1, 0.15) is 12.6 Å². The number of carbonyl (C=O) groups is 3. The lowest BCUT2D eigenvalue weighted by molar-refractivity contribution is -0.148. The van der Waals surface area contributed by atoms with Crippen molar-refractivity contribution in [3.63, 3.8) is 0 Å². The quantitative estimate of drug-likeness (QED) is 0.891. The Morgan fingerprint density at radius 3 is 2.30 bits per heavy atom. The highest BCUT2D eigenvalue weighted by Crippen LogP contribution is 2.10. The van der Waals surface area contributed by atoms with E-state index in [0.717, 1.165) is 12.5 Å². The molecule has 108 valence electrons. The fraction of sp³-hybridized carbons (Fsp3) is 0.357. The van der Waals surface area contributed by atoms with E-state index in [1.807, 2.05) is 6.07 Å². The minimum atomic E-state index is -1.24. The van der Waals surface area contributed by atoms with Crippen LogP contribution in [0.4, 0.5) is 4.79 Å². The van der Waals surface area contributed by atoms with E-state index in [-0.39, 0.29) is 13.0 Å². The molecule has 1 unspecified atom stereocenters. The summed E-state index contributed by atoms with van der Waals surface area (Å²) in [5, 5.41) is 9.03. The Bertz CT molecular complexity index is 486. The van der Waals surface area contributed by atoms with Gasteiger partial charge in [-0.25, -0.2) is 14.5 Å². The summed E-state index contributed by atoms with van der Waals surface area (Å²) in [6.45, 7) is 2.70. The zero-order valence-corrected chi connectivity index (χ0v) is 11.4. The van der Waals surface area contributed by atoms with E-state index in [2.05, 4.69) is 0 Å². The molecule has 0 aliphatic heterocycles. The number of amides is 2. The molecule has 0 bridgehead atoms. The summed E-state index contributed by atoms with van der Waals surface area (Å²) in [6.07, 6.45) is -0.828. The van der Waals surface area contributed by atoms with Crippen molar-refractivity contribution in [1.82, 2.24) is 4.90 Å². The first-order valence-electron chi connectivity index (χ1n) is 6.20. The van der Waals surface area contributed by atoms with Crippen LogP contribution in [0.5, 0.6) is 0 Å². The van der Waals surface area contributed by atoms with Crippen molar-refractivity contribution in [3.05, 3.63) is 35.9 Å². The Morgan fingerprint density at radius 2 is 1.85 bits per heavy atom. The van der Waals surface area contributed by atoms with Gasteiger partial charge in [-0.05, 0) is 12.0 Å². The fourth-order valence-corrected chi connectivity index (χ4v) is 1.73. The van der Waals surface area contributed by atoms with Crippen molar-refractivity contribution in [1.29, 1.82) is 0 Å². The van der Waals surface area contributed by atoms with Gasteiger partial charge in [0, 0.05) is 6.92 Å². The second kappa shape index (κ2) is 7.28. The van der Waals surface area contributed by atoms with Crippen LogP contribution in [0.1, 0.15) is 25.8 Å². The number of carboxylic acid groups (broad SMARTS) is 1. The third-order valence-corrected chi connectivity index (χ3v) is 2.72. The molecule has 1 aromatic rings. The van der Waals surface area contributed by atoms with Crippen LogP contribution in [0.25, 0.3) is 0 Å². The Kier molecular flexibility index (Phi) is 5.71. The van der Waals surface area contributed by atoms with E-state index in [1.54, 1.807) is 31.2 Å². The van der Waals surface area contributed by atoms with E-state index in [4.69, 9.17) is 9.84 Å². The summed E-state index contributed by atoms with van der Waals surface area (Å²) in [5.74, 6) is -1.89. The number of carbonyl (C=O) groups excluding carboxylic acids is 2. The third kappa shape index (κ3) is 4.08. The van der Waals surface area contributed by atoms with Gasteiger partial charge in [0.05, 0.1) is 0 Å². The molecule has 6 heteroatoms. The summed E-state index contributed by atoms with van der Waals surface area (Å²) in [7, 11) is 0. The molecule has 0 heterocycles. The minimum absolute atomic E-state index is 0.0144. The summed E-state index contributed by atoms with van der Waals surface area (Å²) >= 11 is 0. The van der Waals surface area contributed by atoms with Crippen molar-refractivity contribution in [2.45, 2.75) is 32.9 Å². The van der Waals surface area contributed by atoms with Gasteiger partial charge in [-0.1, -0.05) is 37.3 Å². The van der Waals surface area contributed by atoms with Gasteiger partial charge in [0.25, 0.3) is 0 Å². The maximum absolute atomic E-state index is 11.9. The fourth-order valence-electron chi connectivity index (χ4n) is 1.73. The van der Waals surface area contributed by atoms with Crippen LogP contribution >= 0.6 is 0 Å². The lowest BCUT2D eigenvalue weighted by atomic mass is 10.2. The molecule has 0 spiro atoms. The van der Waals surface area contributed by atoms with Crippen LogP contribution in [-0.2, 0) is 20.9 Å². The van der Waals surface area contributed by atoms with Crippen molar-refractivity contribution < 1.29 is 24.2 Å². The Balaban J connectivity index is 2.75. The SMILES string of the molecule is CCC(C(=O)O)N(C(C)=O)C(=O)OCc1ccccc1. The number of ether oxygens (including phenoxy) is 1. The minimum Gasteiger partial charge on any atom is -0.480 e. The maximum Gasteiger partial charge on any atom is 0.417 e. The maximum atomic E-state index is 11.9. The standard InChI is InChI=1S/C14H17NO5/c1-3-12(13(17)18)15(10(2)16)14(19)20-9-11-7-5-4-6-8-11/h4-8,12H,3,9H2,1-2H3,(H,17,18). The lowest BCUT2D eigenvalue weighted by Crippen LogP contribution is -2.47.